The fourth-order valence-corrected chi connectivity index (χ4v) is 2.75. The lowest BCUT2D eigenvalue weighted by atomic mass is 10.0. The number of anilines is 1. The van der Waals surface area contributed by atoms with E-state index in [0.29, 0.717) is 4.90 Å². The van der Waals surface area contributed by atoms with Gasteiger partial charge in [0.05, 0.1) is 16.6 Å². The summed E-state index contributed by atoms with van der Waals surface area (Å²) >= 11 is 8.68. The van der Waals surface area contributed by atoms with Gasteiger partial charge >= 0.3 is 6.18 Å². The average molecular weight is 453 g/mol. The van der Waals surface area contributed by atoms with E-state index in [1.165, 1.54) is 24.3 Å². The third kappa shape index (κ3) is 4.82. The summed E-state index contributed by atoms with van der Waals surface area (Å²) < 4.78 is 52.7. The number of halogens is 6. The zero-order valence-corrected chi connectivity index (χ0v) is 15.3. The van der Waals surface area contributed by atoms with Crippen molar-refractivity contribution < 1.29 is 27.2 Å². The summed E-state index contributed by atoms with van der Waals surface area (Å²) in [6.07, 6.45) is -4.70. The lowest BCUT2D eigenvalue weighted by Crippen LogP contribution is -2.40. The average Bonchev–Trinajstić information content (AvgIpc) is 2.58. The fourth-order valence-electron chi connectivity index (χ4n) is 2.28. The van der Waals surface area contributed by atoms with Crippen LogP contribution in [-0.2, 0) is 4.79 Å². The van der Waals surface area contributed by atoms with Crippen LogP contribution in [0.15, 0.2) is 42.5 Å². The number of hydrogen-bond acceptors (Lipinski definition) is 2. The van der Waals surface area contributed by atoms with Gasteiger partial charge in [0, 0.05) is 10.6 Å². The van der Waals surface area contributed by atoms with Gasteiger partial charge in [-0.25, -0.2) is 4.39 Å². The monoisotopic (exact) mass is 451 g/mol. The molecule has 0 spiro atoms. The maximum Gasteiger partial charge on any atom is 0.406 e. The van der Waals surface area contributed by atoms with Crippen LogP contribution < -0.4 is 4.90 Å². The van der Waals surface area contributed by atoms with E-state index >= 15 is 0 Å². The number of carbonyl (C=O) groups excluding carboxylic acids is 2. The van der Waals surface area contributed by atoms with E-state index in [0.717, 1.165) is 18.2 Å². The molecule has 2 aromatic carbocycles. The van der Waals surface area contributed by atoms with Gasteiger partial charge in [0.1, 0.15) is 12.4 Å². The molecule has 0 fully saturated rings. The molecule has 0 aliphatic rings. The lowest BCUT2D eigenvalue weighted by molar-refractivity contribution is -0.131. The summed E-state index contributed by atoms with van der Waals surface area (Å²) in [6, 6.07) is 8.52. The predicted molar refractivity (Wildman–Crippen MR) is 93.5 cm³/mol. The predicted octanol–water partition coefficient (Wildman–Crippen LogP) is 5.00. The van der Waals surface area contributed by atoms with Crippen molar-refractivity contribution in [3.63, 3.8) is 0 Å². The Labute approximate surface area is 159 Å². The van der Waals surface area contributed by atoms with Crippen LogP contribution >= 0.6 is 27.5 Å². The second-order valence-electron chi connectivity index (χ2n) is 5.20. The molecule has 0 atom stereocenters. The number of rotatable bonds is 5. The molecule has 138 valence electrons. The first-order valence-electron chi connectivity index (χ1n) is 7.16. The molecule has 0 aliphatic heterocycles. The fraction of sp³-hybridized carbons (Fsp3) is 0.176. The number of benzene rings is 2. The van der Waals surface area contributed by atoms with E-state index in [2.05, 4.69) is 15.9 Å². The molecule has 0 saturated carbocycles. The van der Waals surface area contributed by atoms with Crippen LogP contribution in [0.1, 0.15) is 15.9 Å². The van der Waals surface area contributed by atoms with Crippen molar-refractivity contribution in [1.82, 2.24) is 0 Å². The van der Waals surface area contributed by atoms with Crippen LogP contribution in [0, 0.1) is 5.82 Å². The van der Waals surface area contributed by atoms with Crippen LogP contribution in [0.5, 0.6) is 0 Å². The Morgan fingerprint density at radius 2 is 1.73 bits per heavy atom. The van der Waals surface area contributed by atoms with Crippen molar-refractivity contribution in [1.29, 1.82) is 0 Å². The molecule has 1 amide bonds. The minimum Gasteiger partial charge on any atom is -0.302 e. The Hall–Kier alpha value is -1.93. The van der Waals surface area contributed by atoms with Crippen LogP contribution in [0.4, 0.5) is 23.2 Å². The summed E-state index contributed by atoms with van der Waals surface area (Å²) in [4.78, 5) is 25.1. The first kappa shape index (κ1) is 20.4. The third-order valence-corrected chi connectivity index (χ3v) is 4.08. The molecular formula is C17H11BrClF4NO2. The third-order valence-electron chi connectivity index (χ3n) is 3.37. The smallest absolute Gasteiger partial charge is 0.302 e. The molecule has 0 aliphatic carbocycles. The minimum absolute atomic E-state index is 0.0617. The van der Waals surface area contributed by atoms with Gasteiger partial charge in [-0.1, -0.05) is 39.7 Å². The van der Waals surface area contributed by atoms with Crippen molar-refractivity contribution in [2.45, 2.75) is 6.18 Å². The van der Waals surface area contributed by atoms with Crippen LogP contribution in [0.25, 0.3) is 0 Å². The molecule has 0 radical (unpaired) electrons. The highest BCUT2D eigenvalue weighted by Crippen LogP contribution is 2.30. The van der Waals surface area contributed by atoms with Gasteiger partial charge < -0.3 is 4.90 Å². The number of hydrogen-bond donors (Lipinski definition) is 0. The quantitative estimate of drug-likeness (QED) is 0.364. The first-order chi connectivity index (χ1) is 12.1. The lowest BCUT2D eigenvalue weighted by Gasteiger charge is -2.25. The molecular weight excluding hydrogens is 442 g/mol. The molecule has 26 heavy (non-hydrogen) atoms. The molecule has 0 heterocycles. The molecule has 0 unspecified atom stereocenters. The summed E-state index contributed by atoms with van der Waals surface area (Å²) in [5, 5.41) is -0.328. The van der Waals surface area contributed by atoms with Gasteiger partial charge in [-0.05, 0) is 30.3 Å². The second kappa shape index (κ2) is 8.18. The molecule has 0 aromatic heterocycles. The van der Waals surface area contributed by atoms with E-state index in [1.807, 2.05) is 0 Å². The Kier molecular flexibility index (Phi) is 6.41. The number of alkyl halides is 4. The Morgan fingerprint density at radius 3 is 2.31 bits per heavy atom. The van der Waals surface area contributed by atoms with Gasteiger partial charge in [-0.3, -0.25) is 9.59 Å². The molecule has 3 nitrogen and oxygen atoms in total. The SMILES string of the molecule is O=C(c1ccccc1F)c1cc(Cl)ccc1N(CC(F)(F)F)C(=O)CBr. The van der Waals surface area contributed by atoms with E-state index < -0.39 is 30.2 Å². The maximum atomic E-state index is 13.9. The van der Waals surface area contributed by atoms with Gasteiger partial charge in [0.25, 0.3) is 0 Å². The second-order valence-corrected chi connectivity index (χ2v) is 6.20. The van der Waals surface area contributed by atoms with Gasteiger partial charge in [-0.15, -0.1) is 0 Å². The molecule has 9 heteroatoms. The minimum atomic E-state index is -4.70. The molecule has 0 saturated heterocycles. The zero-order valence-electron chi connectivity index (χ0n) is 13.0. The highest BCUT2D eigenvalue weighted by molar-refractivity contribution is 9.09. The van der Waals surface area contributed by atoms with Gasteiger partial charge in [-0.2, -0.15) is 13.2 Å². The highest BCUT2D eigenvalue weighted by atomic mass is 79.9. The maximum absolute atomic E-state index is 13.9. The zero-order chi connectivity index (χ0) is 19.5. The van der Waals surface area contributed by atoms with Gasteiger partial charge in [0.2, 0.25) is 5.91 Å². The van der Waals surface area contributed by atoms with E-state index in [9.17, 15) is 27.2 Å². The number of ketones is 1. The summed E-state index contributed by atoms with van der Waals surface area (Å²) in [5.41, 5.74) is -0.945. The standard InChI is InChI=1S/C17H11BrClF4NO2/c18-8-15(25)24(9-17(21,22)23)14-6-5-10(19)7-12(14)16(26)11-3-1-2-4-13(11)20/h1-7H,8-9H2. The van der Waals surface area contributed by atoms with Crippen molar-refractivity contribution in [2.75, 3.05) is 16.8 Å². The molecule has 2 aromatic rings. The Morgan fingerprint density at radius 1 is 1.08 bits per heavy atom. The number of nitrogens with zero attached hydrogens (tertiary/aromatic N) is 1. The van der Waals surface area contributed by atoms with Gasteiger partial charge in [0.15, 0.2) is 5.78 Å². The summed E-state index contributed by atoms with van der Waals surface area (Å²) in [6.45, 7) is -1.60. The van der Waals surface area contributed by atoms with Crippen molar-refractivity contribution >= 4 is 44.9 Å². The normalized spacial score (nSPS) is 11.3. The highest BCUT2D eigenvalue weighted by Gasteiger charge is 2.35. The van der Waals surface area contributed by atoms with Crippen LogP contribution in [0.3, 0.4) is 0 Å². The topological polar surface area (TPSA) is 37.4 Å². The van der Waals surface area contributed by atoms with E-state index in [-0.39, 0.29) is 27.2 Å². The Bertz CT molecular complexity index is 842. The Balaban J connectivity index is 2.60. The van der Waals surface area contributed by atoms with Crippen molar-refractivity contribution in [3.05, 3.63) is 64.4 Å². The summed E-state index contributed by atoms with van der Waals surface area (Å²) in [7, 11) is 0. The molecule has 2 rings (SSSR count). The largest absolute Gasteiger partial charge is 0.406 e. The van der Waals surface area contributed by atoms with Crippen LogP contribution in [-0.4, -0.2) is 29.7 Å². The molecule has 0 N–H and O–H groups in total. The van der Waals surface area contributed by atoms with E-state index in [4.69, 9.17) is 11.6 Å². The van der Waals surface area contributed by atoms with Crippen LogP contribution in [0.2, 0.25) is 5.02 Å². The van der Waals surface area contributed by atoms with E-state index in [1.54, 1.807) is 0 Å². The first-order valence-corrected chi connectivity index (χ1v) is 8.66. The molecule has 0 bridgehead atoms. The van der Waals surface area contributed by atoms with Crippen molar-refractivity contribution in [3.8, 4) is 0 Å². The van der Waals surface area contributed by atoms with Crippen molar-refractivity contribution in [2.24, 2.45) is 0 Å². The number of amides is 1. The summed E-state index contributed by atoms with van der Waals surface area (Å²) in [5.74, 6) is -2.63. The number of carbonyl (C=O) groups is 2.